The van der Waals surface area contributed by atoms with Crippen LogP contribution in [-0.2, 0) is 14.9 Å². The first-order valence-electron chi connectivity index (χ1n) is 6.45. The van der Waals surface area contributed by atoms with Crippen LogP contribution in [-0.4, -0.2) is 17.6 Å². The van der Waals surface area contributed by atoms with E-state index in [2.05, 4.69) is 4.98 Å². The molecule has 0 amide bonds. The molecule has 0 radical (unpaired) electrons. The van der Waals surface area contributed by atoms with E-state index < -0.39 is 5.41 Å². The number of thiazole rings is 1. The summed E-state index contributed by atoms with van der Waals surface area (Å²) in [5.74, 6) is -0.288. The molecule has 1 aromatic carbocycles. The second-order valence-corrected chi connectivity index (χ2v) is 6.71. The van der Waals surface area contributed by atoms with Crippen molar-refractivity contribution in [2.45, 2.75) is 26.2 Å². The fourth-order valence-electron chi connectivity index (χ4n) is 1.76. The van der Waals surface area contributed by atoms with E-state index >= 15 is 0 Å². The van der Waals surface area contributed by atoms with Crippen molar-refractivity contribution in [3.8, 4) is 10.6 Å². The smallest absolute Gasteiger partial charge is 0.317 e. The van der Waals surface area contributed by atoms with Gasteiger partial charge in [0.25, 0.3) is 0 Å². The number of esters is 1. The summed E-state index contributed by atoms with van der Waals surface area (Å²) < 4.78 is 5.10. The molecule has 6 heteroatoms. The Kier molecular flexibility index (Phi) is 4.91. The maximum atomic E-state index is 12.0. The molecule has 0 atom stereocenters. The lowest BCUT2D eigenvalue weighted by molar-refractivity contribution is -0.148. The number of hydrogen-bond donors (Lipinski definition) is 0. The average Bonchev–Trinajstić information content (AvgIpc) is 2.89. The molecule has 0 aliphatic rings. The van der Waals surface area contributed by atoms with Crippen molar-refractivity contribution in [3.05, 3.63) is 39.3 Å². The molecule has 0 N–H and O–H groups in total. The van der Waals surface area contributed by atoms with Gasteiger partial charge < -0.3 is 4.74 Å². The molecule has 21 heavy (non-hydrogen) atoms. The summed E-state index contributed by atoms with van der Waals surface area (Å²) in [5.41, 5.74) is 0.688. The topological polar surface area (TPSA) is 39.2 Å². The van der Waals surface area contributed by atoms with E-state index in [1.54, 1.807) is 32.9 Å². The van der Waals surface area contributed by atoms with Crippen molar-refractivity contribution >= 4 is 40.5 Å². The molecule has 2 rings (SSSR count). The zero-order valence-corrected chi connectivity index (χ0v) is 14.3. The zero-order valence-electron chi connectivity index (χ0n) is 11.9. The summed E-state index contributed by atoms with van der Waals surface area (Å²) in [4.78, 5) is 16.6. The van der Waals surface area contributed by atoms with E-state index in [1.165, 1.54) is 11.3 Å². The molecule has 0 aliphatic carbocycles. The van der Waals surface area contributed by atoms with Gasteiger partial charge in [0, 0.05) is 16.0 Å². The first-order valence-corrected chi connectivity index (χ1v) is 8.08. The SMILES string of the molecule is CCOC(=O)C(C)(C)c1csc(-c2ccc(Cl)cc2Cl)n1. The third-order valence-electron chi connectivity index (χ3n) is 3.09. The molecule has 0 saturated carbocycles. The van der Waals surface area contributed by atoms with Crippen molar-refractivity contribution < 1.29 is 9.53 Å². The van der Waals surface area contributed by atoms with Gasteiger partial charge in [-0.15, -0.1) is 11.3 Å². The van der Waals surface area contributed by atoms with Crippen LogP contribution >= 0.6 is 34.5 Å². The van der Waals surface area contributed by atoms with E-state index in [1.807, 2.05) is 11.4 Å². The number of aromatic nitrogens is 1. The molecular formula is C15H15Cl2NO2S. The molecule has 112 valence electrons. The Bertz CT molecular complexity index is 667. The minimum absolute atomic E-state index is 0.288. The lowest BCUT2D eigenvalue weighted by atomic mass is 9.90. The summed E-state index contributed by atoms with van der Waals surface area (Å²) in [6.07, 6.45) is 0. The standard InChI is InChI=1S/C15H15Cl2NO2S/c1-4-20-14(19)15(2,3)12-8-21-13(18-12)10-6-5-9(16)7-11(10)17/h5-8H,4H2,1-3H3. The lowest BCUT2D eigenvalue weighted by Crippen LogP contribution is -2.31. The molecule has 0 spiro atoms. The van der Waals surface area contributed by atoms with Crippen LogP contribution < -0.4 is 0 Å². The van der Waals surface area contributed by atoms with Crippen LogP contribution in [0.1, 0.15) is 26.5 Å². The van der Waals surface area contributed by atoms with Crippen LogP contribution in [0.2, 0.25) is 10.0 Å². The second-order valence-electron chi connectivity index (χ2n) is 5.01. The lowest BCUT2D eigenvalue weighted by Gasteiger charge is -2.19. The number of rotatable bonds is 4. The van der Waals surface area contributed by atoms with Gasteiger partial charge in [-0.25, -0.2) is 4.98 Å². The Labute approximate surface area is 137 Å². The highest BCUT2D eigenvalue weighted by Crippen LogP contribution is 2.35. The Morgan fingerprint density at radius 1 is 1.38 bits per heavy atom. The van der Waals surface area contributed by atoms with Gasteiger partial charge in [-0.05, 0) is 39.0 Å². The number of ether oxygens (including phenoxy) is 1. The van der Waals surface area contributed by atoms with Crippen LogP contribution in [0.15, 0.2) is 23.6 Å². The van der Waals surface area contributed by atoms with Crippen LogP contribution in [0.5, 0.6) is 0 Å². The van der Waals surface area contributed by atoms with E-state index in [0.29, 0.717) is 22.3 Å². The number of hydrogen-bond acceptors (Lipinski definition) is 4. The summed E-state index contributed by atoms with van der Waals surface area (Å²) in [6, 6.07) is 5.26. The van der Waals surface area contributed by atoms with Gasteiger partial charge in [-0.1, -0.05) is 23.2 Å². The van der Waals surface area contributed by atoms with E-state index in [4.69, 9.17) is 27.9 Å². The second kappa shape index (κ2) is 6.34. The van der Waals surface area contributed by atoms with Gasteiger partial charge in [-0.2, -0.15) is 0 Å². The van der Waals surface area contributed by atoms with Gasteiger partial charge in [0.15, 0.2) is 0 Å². The quantitative estimate of drug-likeness (QED) is 0.736. The largest absolute Gasteiger partial charge is 0.465 e. The van der Waals surface area contributed by atoms with Crippen molar-refractivity contribution in [2.24, 2.45) is 0 Å². The van der Waals surface area contributed by atoms with Gasteiger partial charge in [0.1, 0.15) is 10.4 Å². The Morgan fingerprint density at radius 2 is 2.10 bits per heavy atom. The summed E-state index contributed by atoms with van der Waals surface area (Å²) in [7, 11) is 0. The minimum atomic E-state index is -0.788. The molecule has 0 bridgehead atoms. The molecule has 1 heterocycles. The minimum Gasteiger partial charge on any atom is -0.465 e. The summed E-state index contributed by atoms with van der Waals surface area (Å²) in [6.45, 7) is 5.73. The van der Waals surface area contributed by atoms with Gasteiger partial charge >= 0.3 is 5.97 Å². The Hall–Kier alpha value is -1.10. The molecule has 3 nitrogen and oxygen atoms in total. The Morgan fingerprint density at radius 3 is 2.71 bits per heavy atom. The highest BCUT2D eigenvalue weighted by molar-refractivity contribution is 7.13. The predicted octanol–water partition coefficient (Wildman–Crippen LogP) is 4.96. The highest BCUT2D eigenvalue weighted by Gasteiger charge is 2.34. The van der Waals surface area contributed by atoms with Gasteiger partial charge in [0.2, 0.25) is 0 Å². The molecule has 1 aromatic heterocycles. The van der Waals surface area contributed by atoms with E-state index in [9.17, 15) is 4.79 Å². The first kappa shape index (κ1) is 16.3. The number of carbonyl (C=O) groups is 1. The Balaban J connectivity index is 2.35. The van der Waals surface area contributed by atoms with E-state index in [0.717, 1.165) is 10.6 Å². The van der Waals surface area contributed by atoms with Crippen molar-refractivity contribution in [2.75, 3.05) is 6.61 Å². The predicted molar refractivity (Wildman–Crippen MR) is 87.2 cm³/mol. The molecule has 0 aliphatic heterocycles. The molecular weight excluding hydrogens is 329 g/mol. The number of nitrogens with zero attached hydrogens (tertiary/aromatic N) is 1. The van der Waals surface area contributed by atoms with Gasteiger partial charge in [-0.3, -0.25) is 4.79 Å². The maximum absolute atomic E-state index is 12.0. The number of benzene rings is 1. The third-order valence-corrected chi connectivity index (χ3v) is 4.52. The summed E-state index contributed by atoms with van der Waals surface area (Å²) >= 11 is 13.5. The highest BCUT2D eigenvalue weighted by atomic mass is 35.5. The van der Waals surface area contributed by atoms with Crippen molar-refractivity contribution in [1.82, 2.24) is 4.98 Å². The average molecular weight is 344 g/mol. The number of carbonyl (C=O) groups excluding carboxylic acids is 1. The normalized spacial score (nSPS) is 11.5. The van der Waals surface area contributed by atoms with E-state index in [-0.39, 0.29) is 5.97 Å². The molecule has 0 fully saturated rings. The first-order chi connectivity index (χ1) is 9.86. The van der Waals surface area contributed by atoms with Gasteiger partial charge in [0.05, 0.1) is 17.3 Å². The van der Waals surface area contributed by atoms with Crippen molar-refractivity contribution in [3.63, 3.8) is 0 Å². The fraction of sp³-hybridized carbons (Fsp3) is 0.333. The monoisotopic (exact) mass is 343 g/mol. The van der Waals surface area contributed by atoms with Crippen LogP contribution in [0.4, 0.5) is 0 Å². The fourth-order valence-corrected chi connectivity index (χ4v) is 3.34. The molecule has 0 unspecified atom stereocenters. The third kappa shape index (κ3) is 3.39. The number of halogens is 2. The molecule has 0 saturated heterocycles. The van der Waals surface area contributed by atoms with Crippen molar-refractivity contribution in [1.29, 1.82) is 0 Å². The van der Waals surface area contributed by atoms with Crippen LogP contribution in [0.3, 0.4) is 0 Å². The summed E-state index contributed by atoms with van der Waals surface area (Å²) in [5, 5.41) is 3.73. The maximum Gasteiger partial charge on any atom is 0.317 e. The van der Waals surface area contributed by atoms with Crippen LogP contribution in [0.25, 0.3) is 10.6 Å². The zero-order chi connectivity index (χ0) is 15.6. The van der Waals surface area contributed by atoms with Crippen LogP contribution in [0, 0.1) is 0 Å². The molecule has 2 aromatic rings.